The number of hydrogen-bond acceptors (Lipinski definition) is 3. The normalized spacial score (nSPS) is 22.1. The van der Waals surface area contributed by atoms with Gasteiger partial charge < -0.3 is 10.2 Å². The number of nitrogens with zero attached hydrogens (tertiary/aromatic N) is 1. The van der Waals surface area contributed by atoms with E-state index in [2.05, 4.69) is 55.4 Å². The molecule has 3 heteroatoms. The van der Waals surface area contributed by atoms with Crippen LogP contribution < -0.4 is 5.32 Å². The van der Waals surface area contributed by atoms with Gasteiger partial charge in [0.05, 0.1) is 0 Å². The monoisotopic (exact) mass is 280 g/mol. The number of piperidine rings is 1. The van der Waals surface area contributed by atoms with E-state index in [1.165, 1.54) is 37.4 Å². The highest BCUT2D eigenvalue weighted by Crippen LogP contribution is 2.29. The molecule has 0 aliphatic carbocycles. The van der Waals surface area contributed by atoms with Gasteiger partial charge in [0.2, 0.25) is 0 Å². The summed E-state index contributed by atoms with van der Waals surface area (Å²) in [4.78, 5) is 4.15. The van der Waals surface area contributed by atoms with E-state index in [1.54, 1.807) is 0 Å². The highest BCUT2D eigenvalue weighted by molar-refractivity contribution is 7.10. The van der Waals surface area contributed by atoms with Gasteiger partial charge in [0.25, 0.3) is 0 Å². The largest absolute Gasteiger partial charge is 0.311 e. The van der Waals surface area contributed by atoms with Crippen molar-refractivity contribution in [2.75, 3.05) is 19.6 Å². The lowest BCUT2D eigenvalue weighted by atomic mass is 9.89. The van der Waals surface area contributed by atoms with Crippen LogP contribution in [-0.2, 0) is 5.41 Å². The Morgan fingerprint density at radius 2 is 2.26 bits per heavy atom. The van der Waals surface area contributed by atoms with Gasteiger partial charge in [0.15, 0.2) is 0 Å². The van der Waals surface area contributed by atoms with Crippen LogP contribution in [0.5, 0.6) is 0 Å². The van der Waals surface area contributed by atoms with Gasteiger partial charge in [-0.05, 0) is 30.8 Å². The molecule has 2 rings (SSSR count). The molecule has 1 unspecified atom stereocenters. The summed E-state index contributed by atoms with van der Waals surface area (Å²) in [6.07, 6.45) is 2.65. The van der Waals surface area contributed by atoms with E-state index < -0.39 is 0 Å². The van der Waals surface area contributed by atoms with Gasteiger partial charge in [0, 0.05) is 35.5 Å². The zero-order valence-electron chi connectivity index (χ0n) is 12.8. The maximum atomic E-state index is 3.69. The second-order valence-corrected chi connectivity index (χ2v) is 7.70. The summed E-state index contributed by atoms with van der Waals surface area (Å²) in [5.41, 5.74) is 0.272. The highest BCUT2D eigenvalue weighted by atomic mass is 32.1. The molecule has 1 aromatic rings. The van der Waals surface area contributed by atoms with Crippen molar-refractivity contribution in [3.63, 3.8) is 0 Å². The van der Waals surface area contributed by atoms with Crippen LogP contribution in [0, 0.1) is 0 Å². The van der Waals surface area contributed by atoms with Crippen molar-refractivity contribution < 1.29 is 0 Å². The molecule has 1 saturated heterocycles. The molecule has 0 radical (unpaired) electrons. The fourth-order valence-corrected chi connectivity index (χ4v) is 3.95. The Morgan fingerprint density at radius 3 is 2.89 bits per heavy atom. The van der Waals surface area contributed by atoms with E-state index in [9.17, 15) is 0 Å². The van der Waals surface area contributed by atoms with E-state index in [1.807, 2.05) is 11.3 Å². The Kier molecular flexibility index (Phi) is 5.04. The molecule has 1 aliphatic heterocycles. The summed E-state index contributed by atoms with van der Waals surface area (Å²) in [5.74, 6) is 0. The molecule has 2 nitrogen and oxygen atoms in total. The van der Waals surface area contributed by atoms with Crippen LogP contribution in [0.4, 0.5) is 0 Å². The Bertz CT molecular complexity index is 370. The molecule has 19 heavy (non-hydrogen) atoms. The van der Waals surface area contributed by atoms with Crippen LogP contribution in [0.1, 0.15) is 45.4 Å². The molecule has 1 fully saturated rings. The van der Waals surface area contributed by atoms with Crippen molar-refractivity contribution in [1.29, 1.82) is 0 Å². The molecule has 2 heterocycles. The van der Waals surface area contributed by atoms with Gasteiger partial charge in [-0.15, -0.1) is 11.3 Å². The fraction of sp³-hybridized carbons (Fsp3) is 0.750. The first kappa shape index (κ1) is 15.0. The molecule has 0 spiro atoms. The smallest absolute Gasteiger partial charge is 0.0197 e. The molecule has 1 aliphatic rings. The average molecular weight is 280 g/mol. The Hall–Kier alpha value is -0.380. The van der Waals surface area contributed by atoms with Crippen LogP contribution in [0.15, 0.2) is 17.5 Å². The number of nitrogens with one attached hydrogen (secondary N) is 1. The predicted molar refractivity (Wildman–Crippen MR) is 85.1 cm³/mol. The molecule has 108 valence electrons. The molecule has 0 aromatic carbocycles. The third kappa shape index (κ3) is 4.30. The predicted octanol–water partition coefficient (Wildman–Crippen LogP) is 3.49. The Morgan fingerprint density at radius 1 is 1.47 bits per heavy atom. The van der Waals surface area contributed by atoms with Crippen molar-refractivity contribution >= 4 is 11.3 Å². The molecule has 0 amide bonds. The third-order valence-electron chi connectivity index (χ3n) is 3.88. The number of rotatable bonds is 5. The van der Waals surface area contributed by atoms with Crippen molar-refractivity contribution in [1.82, 2.24) is 10.2 Å². The first-order valence-corrected chi connectivity index (χ1v) is 8.38. The van der Waals surface area contributed by atoms with Crippen molar-refractivity contribution in [2.24, 2.45) is 0 Å². The maximum absolute atomic E-state index is 3.69. The first-order valence-electron chi connectivity index (χ1n) is 7.50. The van der Waals surface area contributed by atoms with E-state index in [-0.39, 0.29) is 5.41 Å². The van der Waals surface area contributed by atoms with Crippen molar-refractivity contribution in [3.05, 3.63) is 22.4 Å². The molecule has 0 bridgehead atoms. The van der Waals surface area contributed by atoms with Crippen LogP contribution in [0.3, 0.4) is 0 Å². The van der Waals surface area contributed by atoms with Crippen LogP contribution in [0.25, 0.3) is 0 Å². The minimum absolute atomic E-state index is 0.272. The second-order valence-electron chi connectivity index (χ2n) is 6.76. The topological polar surface area (TPSA) is 15.3 Å². The lowest BCUT2D eigenvalue weighted by molar-refractivity contribution is 0.158. The minimum Gasteiger partial charge on any atom is -0.311 e. The van der Waals surface area contributed by atoms with Crippen LogP contribution in [0.2, 0.25) is 0 Å². The second kappa shape index (κ2) is 6.38. The first-order chi connectivity index (χ1) is 8.97. The SMILES string of the molecule is CC(C)NC1CCCN(CC(C)(C)c2cccs2)C1. The minimum atomic E-state index is 0.272. The summed E-state index contributed by atoms with van der Waals surface area (Å²) in [6, 6.07) is 5.71. The molecular weight excluding hydrogens is 252 g/mol. The van der Waals surface area contributed by atoms with E-state index >= 15 is 0 Å². The molecule has 0 saturated carbocycles. The summed E-state index contributed by atoms with van der Waals surface area (Å²) >= 11 is 1.89. The Labute approximate surface area is 122 Å². The van der Waals surface area contributed by atoms with Crippen LogP contribution >= 0.6 is 11.3 Å². The van der Waals surface area contributed by atoms with Gasteiger partial charge >= 0.3 is 0 Å². The van der Waals surface area contributed by atoms with Gasteiger partial charge in [-0.25, -0.2) is 0 Å². The summed E-state index contributed by atoms with van der Waals surface area (Å²) < 4.78 is 0. The van der Waals surface area contributed by atoms with Gasteiger partial charge in [-0.2, -0.15) is 0 Å². The molecule has 1 atom stereocenters. The quantitative estimate of drug-likeness (QED) is 0.888. The van der Waals surface area contributed by atoms with Crippen molar-refractivity contribution in [2.45, 2.75) is 58.0 Å². The summed E-state index contributed by atoms with van der Waals surface area (Å²) in [7, 11) is 0. The molecule has 1 aromatic heterocycles. The fourth-order valence-electron chi connectivity index (χ4n) is 3.11. The van der Waals surface area contributed by atoms with Gasteiger partial charge in [0.1, 0.15) is 0 Å². The zero-order valence-corrected chi connectivity index (χ0v) is 13.6. The standard InChI is InChI=1S/C16H28N2S/c1-13(2)17-14-7-5-9-18(11-14)12-16(3,4)15-8-6-10-19-15/h6,8,10,13-14,17H,5,7,9,11-12H2,1-4H3. The lowest BCUT2D eigenvalue weighted by Gasteiger charge is -2.38. The number of hydrogen-bond donors (Lipinski definition) is 1. The number of likely N-dealkylation sites (tertiary alicyclic amines) is 1. The van der Waals surface area contributed by atoms with Gasteiger partial charge in [-0.3, -0.25) is 0 Å². The summed E-state index contributed by atoms with van der Waals surface area (Å²) in [5, 5.41) is 5.88. The number of thiophene rings is 1. The summed E-state index contributed by atoms with van der Waals surface area (Å²) in [6.45, 7) is 12.9. The molecular formula is C16H28N2S. The average Bonchev–Trinajstić information content (AvgIpc) is 2.81. The van der Waals surface area contributed by atoms with Gasteiger partial charge in [-0.1, -0.05) is 33.8 Å². The highest BCUT2D eigenvalue weighted by Gasteiger charge is 2.28. The lowest BCUT2D eigenvalue weighted by Crippen LogP contribution is -2.50. The van der Waals surface area contributed by atoms with E-state index in [0.717, 1.165) is 0 Å². The molecule has 1 N–H and O–H groups in total. The Balaban J connectivity index is 1.91. The van der Waals surface area contributed by atoms with Crippen LogP contribution in [-0.4, -0.2) is 36.6 Å². The van der Waals surface area contributed by atoms with Crippen molar-refractivity contribution in [3.8, 4) is 0 Å². The van der Waals surface area contributed by atoms with E-state index in [0.29, 0.717) is 12.1 Å². The van der Waals surface area contributed by atoms with E-state index in [4.69, 9.17) is 0 Å². The zero-order chi connectivity index (χ0) is 13.9. The maximum Gasteiger partial charge on any atom is 0.0197 e. The third-order valence-corrected chi connectivity index (χ3v) is 5.12.